The summed E-state index contributed by atoms with van der Waals surface area (Å²) in [5.41, 5.74) is 0.687. The largest absolute Gasteiger partial charge is 0.318 e. The third kappa shape index (κ3) is 3.71. The van der Waals surface area contributed by atoms with Crippen molar-refractivity contribution in [3.8, 4) is 0 Å². The number of hydrogen-bond acceptors (Lipinski definition) is 5. The second-order valence-electron chi connectivity index (χ2n) is 3.83. The first-order chi connectivity index (χ1) is 9.20. The van der Waals surface area contributed by atoms with Crippen LogP contribution in [0.1, 0.15) is 5.56 Å². The molecule has 2 rings (SSSR count). The van der Waals surface area contributed by atoms with Gasteiger partial charge in [0.05, 0.1) is 6.54 Å². The summed E-state index contributed by atoms with van der Waals surface area (Å²) in [5, 5.41) is 15.0. The molecule has 0 unspecified atom stereocenters. The van der Waals surface area contributed by atoms with Crippen LogP contribution in [0.25, 0.3) is 0 Å². The van der Waals surface area contributed by atoms with E-state index in [4.69, 9.17) is 0 Å². The molecule has 1 aromatic carbocycles. The highest BCUT2D eigenvalue weighted by molar-refractivity contribution is 7.98. The lowest BCUT2D eigenvalue weighted by Gasteiger charge is -2.04. The molecule has 0 fully saturated rings. The molecule has 19 heavy (non-hydrogen) atoms. The van der Waals surface area contributed by atoms with E-state index >= 15 is 0 Å². The summed E-state index contributed by atoms with van der Waals surface area (Å²) in [6, 6.07) is 3.85. The van der Waals surface area contributed by atoms with Crippen molar-refractivity contribution in [2.45, 2.75) is 17.5 Å². The molecule has 0 aliphatic rings. The Balaban J connectivity index is 1.98. The summed E-state index contributed by atoms with van der Waals surface area (Å²) >= 11 is 1.38. The second kappa shape index (κ2) is 6.58. The van der Waals surface area contributed by atoms with Gasteiger partial charge in [0.2, 0.25) is 5.16 Å². The predicted octanol–water partition coefficient (Wildman–Crippen LogP) is 1.46. The molecule has 8 heteroatoms. The number of halogens is 2. The molecule has 2 aromatic rings. The normalized spacial score (nSPS) is 10.9. The van der Waals surface area contributed by atoms with Crippen molar-refractivity contribution in [2.24, 2.45) is 0 Å². The minimum atomic E-state index is -0.840. The number of nitrogens with zero attached hydrogens (tertiary/aromatic N) is 4. The zero-order chi connectivity index (χ0) is 13.7. The molecule has 0 radical (unpaired) electrons. The fourth-order valence-corrected chi connectivity index (χ4v) is 2.28. The lowest BCUT2D eigenvalue weighted by Crippen LogP contribution is -2.16. The van der Waals surface area contributed by atoms with E-state index in [1.54, 1.807) is 10.7 Å². The molecule has 0 atom stereocenters. The van der Waals surface area contributed by atoms with Crippen molar-refractivity contribution in [3.63, 3.8) is 0 Å². The number of thioether (sulfide) groups is 1. The fourth-order valence-electron chi connectivity index (χ4n) is 1.44. The van der Waals surface area contributed by atoms with Gasteiger partial charge < -0.3 is 5.32 Å². The quantitative estimate of drug-likeness (QED) is 0.814. The Hall–Kier alpha value is -1.54. The van der Waals surface area contributed by atoms with Gasteiger partial charge in [0.1, 0.15) is 0 Å². The number of hydrogen-bond donors (Lipinski definition) is 1. The summed E-state index contributed by atoms with van der Waals surface area (Å²) in [5.74, 6) is -1.20. The number of tetrazole rings is 1. The molecule has 0 saturated heterocycles. The van der Waals surface area contributed by atoms with E-state index in [1.807, 2.05) is 7.05 Å². The Morgan fingerprint density at radius 1 is 1.32 bits per heavy atom. The van der Waals surface area contributed by atoms with E-state index < -0.39 is 11.6 Å². The molecule has 0 amide bonds. The molecule has 0 bridgehead atoms. The van der Waals surface area contributed by atoms with E-state index in [2.05, 4.69) is 20.8 Å². The van der Waals surface area contributed by atoms with Gasteiger partial charge in [-0.15, -0.1) is 5.10 Å². The summed E-state index contributed by atoms with van der Waals surface area (Å²) in [6.45, 7) is 1.41. The van der Waals surface area contributed by atoms with Gasteiger partial charge in [-0.2, -0.15) is 0 Å². The molecule has 1 aromatic heterocycles. The van der Waals surface area contributed by atoms with Crippen LogP contribution in [0.4, 0.5) is 8.78 Å². The zero-order valence-corrected chi connectivity index (χ0v) is 11.1. The highest BCUT2D eigenvalue weighted by Crippen LogP contribution is 2.20. The Bertz CT molecular complexity index is 546. The minimum Gasteiger partial charge on any atom is -0.318 e. The zero-order valence-electron chi connectivity index (χ0n) is 10.3. The van der Waals surface area contributed by atoms with Gasteiger partial charge in [-0.25, -0.2) is 13.5 Å². The van der Waals surface area contributed by atoms with Crippen molar-refractivity contribution in [3.05, 3.63) is 35.4 Å². The van der Waals surface area contributed by atoms with Crippen LogP contribution in [0.5, 0.6) is 0 Å². The topological polar surface area (TPSA) is 55.6 Å². The predicted molar refractivity (Wildman–Crippen MR) is 67.7 cm³/mol. The minimum absolute atomic E-state index is 0.483. The van der Waals surface area contributed by atoms with Gasteiger partial charge in [0, 0.05) is 12.3 Å². The van der Waals surface area contributed by atoms with Crippen LogP contribution in [-0.2, 0) is 12.3 Å². The monoisotopic (exact) mass is 285 g/mol. The highest BCUT2D eigenvalue weighted by Gasteiger charge is 2.08. The van der Waals surface area contributed by atoms with E-state index in [0.717, 1.165) is 12.6 Å². The summed E-state index contributed by atoms with van der Waals surface area (Å²) in [7, 11) is 1.85. The van der Waals surface area contributed by atoms with Gasteiger partial charge in [-0.05, 0) is 35.2 Å². The molecule has 102 valence electrons. The third-order valence-electron chi connectivity index (χ3n) is 2.42. The first kappa shape index (κ1) is 13.9. The maximum Gasteiger partial charge on any atom is 0.209 e. The average molecular weight is 285 g/mol. The Morgan fingerprint density at radius 3 is 2.89 bits per heavy atom. The number of likely N-dealkylation sites (N-methyl/N-ethyl adjacent to an activating group) is 1. The SMILES string of the molecule is CNCCn1nnnc1SCc1ccc(F)c(F)c1. The molecular weight excluding hydrogens is 272 g/mol. The van der Waals surface area contributed by atoms with Crippen molar-refractivity contribution in [1.29, 1.82) is 0 Å². The molecule has 0 aliphatic heterocycles. The van der Waals surface area contributed by atoms with E-state index in [9.17, 15) is 8.78 Å². The number of nitrogens with one attached hydrogen (secondary N) is 1. The maximum atomic E-state index is 13.1. The molecule has 1 N–H and O–H groups in total. The first-order valence-corrected chi connectivity index (χ1v) is 6.66. The van der Waals surface area contributed by atoms with E-state index in [0.29, 0.717) is 23.0 Å². The van der Waals surface area contributed by atoms with Crippen molar-refractivity contribution in [1.82, 2.24) is 25.5 Å². The van der Waals surface area contributed by atoms with Crippen LogP contribution in [0.2, 0.25) is 0 Å². The van der Waals surface area contributed by atoms with Crippen molar-refractivity contribution >= 4 is 11.8 Å². The van der Waals surface area contributed by atoms with Gasteiger partial charge in [0.15, 0.2) is 11.6 Å². The van der Waals surface area contributed by atoms with Gasteiger partial charge in [0.25, 0.3) is 0 Å². The van der Waals surface area contributed by atoms with Gasteiger partial charge >= 0.3 is 0 Å². The molecule has 0 saturated carbocycles. The van der Waals surface area contributed by atoms with E-state index in [-0.39, 0.29) is 0 Å². The van der Waals surface area contributed by atoms with Crippen molar-refractivity contribution < 1.29 is 8.78 Å². The average Bonchev–Trinajstić information content (AvgIpc) is 2.85. The van der Waals surface area contributed by atoms with Crippen LogP contribution >= 0.6 is 11.8 Å². The molecule has 5 nitrogen and oxygen atoms in total. The van der Waals surface area contributed by atoms with Crippen LogP contribution in [0.3, 0.4) is 0 Å². The van der Waals surface area contributed by atoms with E-state index in [1.165, 1.54) is 17.8 Å². The Morgan fingerprint density at radius 2 is 2.16 bits per heavy atom. The molecule has 0 spiro atoms. The lowest BCUT2D eigenvalue weighted by atomic mass is 10.2. The van der Waals surface area contributed by atoms with Gasteiger partial charge in [-0.1, -0.05) is 17.8 Å². The summed E-state index contributed by atoms with van der Waals surface area (Å²) in [4.78, 5) is 0. The second-order valence-corrected chi connectivity index (χ2v) is 4.77. The van der Waals surface area contributed by atoms with Crippen molar-refractivity contribution in [2.75, 3.05) is 13.6 Å². The van der Waals surface area contributed by atoms with Crippen LogP contribution in [-0.4, -0.2) is 33.8 Å². The van der Waals surface area contributed by atoms with Crippen LogP contribution < -0.4 is 5.32 Å². The van der Waals surface area contributed by atoms with Crippen LogP contribution in [0, 0.1) is 11.6 Å². The maximum absolute atomic E-state index is 13.1. The molecule has 1 heterocycles. The highest BCUT2D eigenvalue weighted by atomic mass is 32.2. The number of benzene rings is 1. The summed E-state index contributed by atoms with van der Waals surface area (Å²) in [6.07, 6.45) is 0. The van der Waals surface area contributed by atoms with Gasteiger partial charge in [-0.3, -0.25) is 0 Å². The smallest absolute Gasteiger partial charge is 0.209 e. The molecule has 0 aliphatic carbocycles. The Kier molecular flexibility index (Phi) is 4.80. The number of aromatic nitrogens is 4. The molecular formula is C11H13F2N5S. The summed E-state index contributed by atoms with van der Waals surface area (Å²) < 4.78 is 27.5. The number of rotatable bonds is 6. The van der Waals surface area contributed by atoms with Crippen LogP contribution in [0.15, 0.2) is 23.4 Å². The third-order valence-corrected chi connectivity index (χ3v) is 3.45. The Labute approximate surface area is 113 Å². The standard InChI is InChI=1S/C11H13F2N5S/c1-14-4-5-18-11(15-16-17-18)19-7-8-2-3-9(12)10(13)6-8/h2-3,6,14H,4-5,7H2,1H3. The first-order valence-electron chi connectivity index (χ1n) is 5.68. The lowest BCUT2D eigenvalue weighted by molar-refractivity contribution is 0.507. The fraction of sp³-hybridized carbons (Fsp3) is 0.364.